The number of unbranched alkanes of at least 4 members (excludes halogenated alkanes) is 6. The molecule has 0 aliphatic carbocycles. The van der Waals surface area contributed by atoms with Crippen molar-refractivity contribution in [2.75, 3.05) is 19.6 Å². The molecule has 3 nitrogen and oxygen atoms in total. The van der Waals surface area contributed by atoms with Gasteiger partial charge in [-0.05, 0) is 19.4 Å². The molecule has 1 aliphatic heterocycles. The Morgan fingerprint density at radius 3 is 2.63 bits per heavy atom. The van der Waals surface area contributed by atoms with E-state index in [-0.39, 0.29) is 5.91 Å². The molecule has 0 aromatic rings. The van der Waals surface area contributed by atoms with E-state index in [0.29, 0.717) is 6.42 Å². The summed E-state index contributed by atoms with van der Waals surface area (Å²) >= 11 is 0. The molecule has 0 radical (unpaired) electrons. The van der Waals surface area contributed by atoms with Crippen molar-refractivity contribution in [2.24, 2.45) is 0 Å². The van der Waals surface area contributed by atoms with Gasteiger partial charge >= 0.3 is 0 Å². The molecule has 110 valence electrons. The third-order valence-corrected chi connectivity index (χ3v) is 3.68. The van der Waals surface area contributed by atoms with Gasteiger partial charge in [-0.25, -0.2) is 0 Å². The molecule has 1 amide bonds. The van der Waals surface area contributed by atoms with Crippen molar-refractivity contribution in [2.45, 2.75) is 64.7 Å². The molecule has 0 saturated carbocycles. The average molecular weight is 266 g/mol. The van der Waals surface area contributed by atoms with Gasteiger partial charge in [-0.1, -0.05) is 57.1 Å². The molecule has 1 heterocycles. The monoisotopic (exact) mass is 266 g/mol. The van der Waals surface area contributed by atoms with Gasteiger partial charge in [0, 0.05) is 19.5 Å². The maximum atomic E-state index is 11.7. The fourth-order valence-electron chi connectivity index (χ4n) is 2.37. The molecule has 0 spiro atoms. The van der Waals surface area contributed by atoms with Gasteiger partial charge in [0.1, 0.15) is 0 Å². The molecule has 2 N–H and O–H groups in total. The van der Waals surface area contributed by atoms with Crippen molar-refractivity contribution in [3.63, 3.8) is 0 Å². The van der Waals surface area contributed by atoms with E-state index in [1.54, 1.807) is 0 Å². The molecule has 3 heteroatoms. The number of hydrogen-bond donors (Lipinski definition) is 2. The van der Waals surface area contributed by atoms with Gasteiger partial charge in [0.25, 0.3) is 0 Å². The van der Waals surface area contributed by atoms with Crippen LogP contribution in [0.4, 0.5) is 0 Å². The second kappa shape index (κ2) is 11.0. The van der Waals surface area contributed by atoms with Crippen LogP contribution in [-0.2, 0) is 4.79 Å². The summed E-state index contributed by atoms with van der Waals surface area (Å²) in [5, 5.41) is 6.30. The zero-order valence-corrected chi connectivity index (χ0v) is 12.5. The molecule has 1 rings (SSSR count). The molecular formula is C16H30N2O. The van der Waals surface area contributed by atoms with Crippen molar-refractivity contribution in [1.29, 1.82) is 0 Å². The third kappa shape index (κ3) is 8.82. The highest BCUT2D eigenvalue weighted by Gasteiger charge is 2.05. The van der Waals surface area contributed by atoms with Crippen molar-refractivity contribution < 1.29 is 4.79 Å². The molecule has 0 atom stereocenters. The Morgan fingerprint density at radius 2 is 1.95 bits per heavy atom. The highest BCUT2D eigenvalue weighted by atomic mass is 16.1. The van der Waals surface area contributed by atoms with Crippen LogP contribution in [0.5, 0.6) is 0 Å². The average Bonchev–Trinajstić information content (AvgIpc) is 2.45. The number of hydrogen-bond acceptors (Lipinski definition) is 2. The zero-order chi connectivity index (χ0) is 13.8. The summed E-state index contributed by atoms with van der Waals surface area (Å²) in [5.74, 6) is 0.216. The number of carbonyl (C=O) groups is 1. The van der Waals surface area contributed by atoms with Gasteiger partial charge in [-0.2, -0.15) is 0 Å². The first kappa shape index (κ1) is 16.2. The Hall–Kier alpha value is -0.830. The van der Waals surface area contributed by atoms with Gasteiger partial charge in [0.15, 0.2) is 0 Å². The third-order valence-electron chi connectivity index (χ3n) is 3.68. The molecule has 1 aliphatic rings. The van der Waals surface area contributed by atoms with E-state index in [1.165, 1.54) is 44.1 Å². The second-order valence-corrected chi connectivity index (χ2v) is 5.46. The van der Waals surface area contributed by atoms with Gasteiger partial charge < -0.3 is 10.6 Å². The number of amides is 1. The van der Waals surface area contributed by atoms with E-state index < -0.39 is 0 Å². The van der Waals surface area contributed by atoms with Gasteiger partial charge in [-0.15, -0.1) is 0 Å². The molecule has 19 heavy (non-hydrogen) atoms. The predicted octanol–water partition coefficient (Wildman–Crippen LogP) is 3.16. The minimum Gasteiger partial charge on any atom is -0.352 e. The molecule has 0 aromatic heterocycles. The summed E-state index contributed by atoms with van der Waals surface area (Å²) in [5.41, 5.74) is 1.37. The molecule has 0 unspecified atom stereocenters. The zero-order valence-electron chi connectivity index (χ0n) is 12.5. The summed E-state index contributed by atoms with van der Waals surface area (Å²) in [7, 11) is 0. The first-order chi connectivity index (χ1) is 9.33. The Labute approximate surface area is 118 Å². The van der Waals surface area contributed by atoms with Crippen molar-refractivity contribution in [3.8, 4) is 0 Å². The maximum absolute atomic E-state index is 11.7. The fraction of sp³-hybridized carbons (Fsp3) is 0.812. The van der Waals surface area contributed by atoms with Crippen LogP contribution in [0.15, 0.2) is 11.6 Å². The van der Waals surface area contributed by atoms with E-state index in [0.717, 1.165) is 32.5 Å². The second-order valence-electron chi connectivity index (χ2n) is 5.46. The maximum Gasteiger partial charge on any atom is 0.220 e. The first-order valence-corrected chi connectivity index (χ1v) is 7.98. The Morgan fingerprint density at radius 1 is 1.21 bits per heavy atom. The minimum atomic E-state index is 0.216. The summed E-state index contributed by atoms with van der Waals surface area (Å²) in [4.78, 5) is 11.7. The van der Waals surface area contributed by atoms with E-state index in [2.05, 4.69) is 23.6 Å². The summed E-state index contributed by atoms with van der Waals surface area (Å²) in [6.07, 6.45) is 12.8. The van der Waals surface area contributed by atoms with Crippen LogP contribution >= 0.6 is 0 Å². The van der Waals surface area contributed by atoms with E-state index in [4.69, 9.17) is 0 Å². The van der Waals surface area contributed by atoms with Crippen molar-refractivity contribution >= 4 is 5.91 Å². The quantitative estimate of drug-likeness (QED) is 0.471. The molecule has 0 saturated heterocycles. The normalized spacial score (nSPS) is 15.1. The lowest BCUT2D eigenvalue weighted by atomic mass is 10.1. The molecule has 0 fully saturated rings. The number of nitrogens with one attached hydrogen (secondary N) is 2. The minimum absolute atomic E-state index is 0.216. The summed E-state index contributed by atoms with van der Waals surface area (Å²) in [6, 6.07) is 0. The smallest absolute Gasteiger partial charge is 0.220 e. The number of carbonyl (C=O) groups excluding carboxylic acids is 1. The van der Waals surface area contributed by atoms with Gasteiger partial charge in [0.2, 0.25) is 5.91 Å². The summed E-state index contributed by atoms with van der Waals surface area (Å²) < 4.78 is 0. The molecule has 0 aromatic carbocycles. The first-order valence-electron chi connectivity index (χ1n) is 7.98. The lowest BCUT2D eigenvalue weighted by molar-refractivity contribution is -0.121. The Bertz CT molecular complexity index is 274. The standard InChI is InChI=1S/C16H30N2O/c1-2-3-4-5-6-7-8-9-16(19)18-14-15-10-12-17-13-11-15/h10,17H,2-9,11-14H2,1H3,(H,18,19). The van der Waals surface area contributed by atoms with Crippen molar-refractivity contribution in [3.05, 3.63) is 11.6 Å². The molecule has 0 bridgehead atoms. The lowest BCUT2D eigenvalue weighted by Gasteiger charge is -2.14. The topological polar surface area (TPSA) is 41.1 Å². The largest absolute Gasteiger partial charge is 0.352 e. The summed E-state index contributed by atoms with van der Waals surface area (Å²) in [6.45, 7) is 4.97. The van der Waals surface area contributed by atoms with Crippen LogP contribution in [-0.4, -0.2) is 25.5 Å². The van der Waals surface area contributed by atoms with Crippen LogP contribution in [0, 0.1) is 0 Å². The predicted molar refractivity (Wildman–Crippen MR) is 81.2 cm³/mol. The van der Waals surface area contributed by atoms with Crippen LogP contribution in [0.1, 0.15) is 64.7 Å². The van der Waals surface area contributed by atoms with E-state index in [9.17, 15) is 4.79 Å². The Kier molecular flexibility index (Phi) is 9.42. The molecular weight excluding hydrogens is 236 g/mol. The number of rotatable bonds is 10. The van der Waals surface area contributed by atoms with Crippen LogP contribution in [0.2, 0.25) is 0 Å². The fourth-order valence-corrected chi connectivity index (χ4v) is 2.37. The van der Waals surface area contributed by atoms with Gasteiger partial charge in [0.05, 0.1) is 0 Å². The van der Waals surface area contributed by atoms with E-state index in [1.807, 2.05) is 0 Å². The van der Waals surface area contributed by atoms with Crippen molar-refractivity contribution in [1.82, 2.24) is 10.6 Å². The van der Waals surface area contributed by atoms with Crippen LogP contribution < -0.4 is 10.6 Å². The lowest BCUT2D eigenvalue weighted by Crippen LogP contribution is -2.29. The highest BCUT2D eigenvalue weighted by molar-refractivity contribution is 5.76. The SMILES string of the molecule is CCCCCCCCCC(=O)NCC1=CCNCC1. The highest BCUT2D eigenvalue weighted by Crippen LogP contribution is 2.08. The van der Waals surface area contributed by atoms with E-state index >= 15 is 0 Å². The Balaban J connectivity index is 1.91. The van der Waals surface area contributed by atoms with Crippen LogP contribution in [0.25, 0.3) is 0 Å². The van der Waals surface area contributed by atoms with Crippen LogP contribution in [0.3, 0.4) is 0 Å². The van der Waals surface area contributed by atoms with Gasteiger partial charge in [-0.3, -0.25) is 4.79 Å².